The van der Waals surface area contributed by atoms with Crippen LogP contribution < -0.4 is 5.32 Å². The molecule has 2 amide bonds. The van der Waals surface area contributed by atoms with Gasteiger partial charge in [0.15, 0.2) is 5.76 Å². The molecule has 29 heavy (non-hydrogen) atoms. The third-order valence-electron chi connectivity index (χ3n) is 4.85. The van der Waals surface area contributed by atoms with Gasteiger partial charge in [-0.05, 0) is 51.0 Å². The maximum Gasteiger partial charge on any atom is 0.318 e. The molecule has 2 aromatic heterocycles. The molecular weight excluding hydrogens is 374 g/mol. The molecule has 1 saturated heterocycles. The van der Waals surface area contributed by atoms with E-state index in [1.807, 2.05) is 36.2 Å². The molecule has 0 aliphatic carbocycles. The molecule has 9 nitrogen and oxygen atoms in total. The lowest BCUT2D eigenvalue weighted by atomic mass is 10.0. The Hall–Kier alpha value is -2.94. The Bertz CT molecular complexity index is 744. The van der Waals surface area contributed by atoms with E-state index in [4.69, 9.17) is 14.4 Å². The minimum Gasteiger partial charge on any atom is -0.483 e. The number of urea groups is 1. The van der Waals surface area contributed by atoms with Crippen LogP contribution in [0.25, 0.3) is 0 Å². The fraction of sp³-hybridized carbons (Fsp3) is 0.500. The maximum atomic E-state index is 12.9. The molecule has 1 aliphatic heterocycles. The van der Waals surface area contributed by atoms with Crippen molar-refractivity contribution in [1.82, 2.24) is 25.3 Å². The smallest absolute Gasteiger partial charge is 0.318 e. The number of hydrogen-bond acceptors (Lipinski definition) is 6. The predicted molar refractivity (Wildman–Crippen MR) is 107 cm³/mol. The van der Waals surface area contributed by atoms with Gasteiger partial charge in [0.05, 0.1) is 12.2 Å². The van der Waals surface area contributed by atoms with Crippen molar-refractivity contribution >= 4 is 12.5 Å². The molecular formula is C20H29N5O4. The number of hydrogen-bond donors (Lipinski definition) is 2. The van der Waals surface area contributed by atoms with Gasteiger partial charge in [-0.3, -0.25) is 9.78 Å². The van der Waals surface area contributed by atoms with Crippen LogP contribution in [-0.4, -0.2) is 63.7 Å². The van der Waals surface area contributed by atoms with Crippen molar-refractivity contribution in [2.75, 3.05) is 20.1 Å². The molecule has 3 rings (SSSR count). The van der Waals surface area contributed by atoms with E-state index in [2.05, 4.69) is 27.4 Å². The van der Waals surface area contributed by atoms with Crippen molar-refractivity contribution in [2.45, 2.75) is 45.3 Å². The monoisotopic (exact) mass is 403 g/mol. The first kappa shape index (κ1) is 22.4. The SMILES string of the molecule is CCc1cc(CNC(=O)N(Cc2cccnc2)C2CCN(C)CC2)on1.O=CO. The summed E-state index contributed by atoms with van der Waals surface area (Å²) in [5, 5.41) is 13.8. The summed E-state index contributed by atoms with van der Waals surface area (Å²) < 4.78 is 5.26. The zero-order valence-electron chi connectivity index (χ0n) is 17.0. The van der Waals surface area contributed by atoms with E-state index in [-0.39, 0.29) is 18.5 Å². The third-order valence-corrected chi connectivity index (χ3v) is 4.85. The highest BCUT2D eigenvalue weighted by Crippen LogP contribution is 2.18. The minimum absolute atomic E-state index is 0.0714. The number of carbonyl (C=O) groups is 2. The summed E-state index contributed by atoms with van der Waals surface area (Å²) in [7, 11) is 2.12. The molecule has 0 bridgehead atoms. The van der Waals surface area contributed by atoms with Crippen LogP contribution in [-0.2, 0) is 24.3 Å². The second-order valence-electron chi connectivity index (χ2n) is 6.93. The zero-order valence-corrected chi connectivity index (χ0v) is 17.0. The number of aromatic nitrogens is 2. The molecule has 2 N–H and O–H groups in total. The predicted octanol–water partition coefficient (Wildman–Crippen LogP) is 2.14. The van der Waals surface area contributed by atoms with Gasteiger partial charge in [-0.2, -0.15) is 0 Å². The Morgan fingerprint density at radius 2 is 2.17 bits per heavy atom. The van der Waals surface area contributed by atoms with E-state index >= 15 is 0 Å². The van der Waals surface area contributed by atoms with E-state index in [1.165, 1.54) is 0 Å². The molecule has 2 aromatic rings. The average molecular weight is 403 g/mol. The minimum atomic E-state index is -0.250. The summed E-state index contributed by atoms with van der Waals surface area (Å²) in [6.07, 6.45) is 6.34. The van der Waals surface area contributed by atoms with Crippen molar-refractivity contribution in [3.63, 3.8) is 0 Å². The van der Waals surface area contributed by atoms with Crippen LogP contribution in [0.4, 0.5) is 4.79 Å². The van der Waals surface area contributed by atoms with Crippen LogP contribution in [0.1, 0.15) is 36.8 Å². The third kappa shape index (κ3) is 7.19. The first-order valence-corrected chi connectivity index (χ1v) is 9.71. The quantitative estimate of drug-likeness (QED) is 0.711. The number of rotatable bonds is 6. The van der Waals surface area contributed by atoms with E-state index in [9.17, 15) is 4.79 Å². The normalized spacial score (nSPS) is 14.6. The molecule has 0 radical (unpaired) electrons. The highest BCUT2D eigenvalue weighted by atomic mass is 16.5. The van der Waals surface area contributed by atoms with Gasteiger partial charge in [-0.1, -0.05) is 18.1 Å². The summed E-state index contributed by atoms with van der Waals surface area (Å²) in [4.78, 5) is 29.7. The number of nitrogens with zero attached hydrogens (tertiary/aromatic N) is 4. The number of nitrogens with one attached hydrogen (secondary N) is 1. The molecule has 1 fully saturated rings. The highest BCUT2D eigenvalue weighted by Gasteiger charge is 2.27. The number of likely N-dealkylation sites (tertiary alicyclic amines) is 1. The number of aryl methyl sites for hydroxylation is 1. The first-order valence-electron chi connectivity index (χ1n) is 9.71. The van der Waals surface area contributed by atoms with Crippen LogP contribution >= 0.6 is 0 Å². The average Bonchev–Trinajstić information content (AvgIpc) is 3.21. The summed E-state index contributed by atoms with van der Waals surface area (Å²) >= 11 is 0. The lowest BCUT2D eigenvalue weighted by Crippen LogP contribution is -2.49. The number of carbonyl (C=O) groups excluding carboxylic acids is 1. The van der Waals surface area contributed by atoms with E-state index < -0.39 is 0 Å². The molecule has 9 heteroatoms. The van der Waals surface area contributed by atoms with E-state index in [0.717, 1.165) is 43.6 Å². The van der Waals surface area contributed by atoms with E-state index in [0.29, 0.717) is 18.8 Å². The summed E-state index contributed by atoms with van der Waals surface area (Å²) in [6.45, 7) is 4.69. The summed E-state index contributed by atoms with van der Waals surface area (Å²) in [5.41, 5.74) is 1.94. The molecule has 0 aromatic carbocycles. The van der Waals surface area contributed by atoms with Crippen LogP contribution in [0.5, 0.6) is 0 Å². The topological polar surface area (TPSA) is 112 Å². The maximum absolute atomic E-state index is 12.9. The van der Waals surface area contributed by atoms with Gasteiger partial charge in [0.2, 0.25) is 0 Å². The Morgan fingerprint density at radius 3 is 2.76 bits per heavy atom. The fourth-order valence-electron chi connectivity index (χ4n) is 3.23. The van der Waals surface area contributed by atoms with Crippen molar-refractivity contribution in [3.05, 3.63) is 47.6 Å². The number of carboxylic acid groups (broad SMARTS) is 1. The molecule has 0 unspecified atom stereocenters. The molecule has 0 spiro atoms. The number of piperidine rings is 1. The molecule has 1 aliphatic rings. The van der Waals surface area contributed by atoms with Crippen LogP contribution in [0, 0.1) is 0 Å². The van der Waals surface area contributed by atoms with Crippen LogP contribution in [0.15, 0.2) is 35.1 Å². The number of pyridine rings is 1. The Morgan fingerprint density at radius 1 is 1.45 bits per heavy atom. The first-order chi connectivity index (χ1) is 14.1. The lowest BCUT2D eigenvalue weighted by molar-refractivity contribution is -0.122. The van der Waals surface area contributed by atoms with Crippen molar-refractivity contribution < 1.29 is 19.2 Å². The highest BCUT2D eigenvalue weighted by molar-refractivity contribution is 5.74. The van der Waals surface area contributed by atoms with Crippen LogP contribution in [0.2, 0.25) is 0 Å². The van der Waals surface area contributed by atoms with Gasteiger partial charge in [-0.15, -0.1) is 0 Å². The summed E-state index contributed by atoms with van der Waals surface area (Å²) in [5.74, 6) is 0.680. The van der Waals surface area contributed by atoms with E-state index in [1.54, 1.807) is 6.20 Å². The standard InChI is InChI=1S/C19H27N5O2.CH2O2/c1-3-16-11-18(26-22-16)13-21-19(25)24(14-15-5-4-8-20-12-15)17-6-9-23(2)10-7-17;2-1-3/h4-5,8,11-12,17H,3,6-7,9-10,13-14H2,1-2H3,(H,21,25);1H,(H,2,3). The van der Waals surface area contributed by atoms with Gasteiger partial charge in [-0.25, -0.2) is 4.79 Å². The Balaban J connectivity index is 0.000000941. The van der Waals surface area contributed by atoms with Gasteiger partial charge in [0.25, 0.3) is 6.47 Å². The largest absolute Gasteiger partial charge is 0.483 e. The summed E-state index contributed by atoms with van der Waals surface area (Å²) in [6, 6.07) is 5.96. The molecule has 158 valence electrons. The lowest BCUT2D eigenvalue weighted by Gasteiger charge is -2.37. The van der Waals surface area contributed by atoms with Gasteiger partial charge in [0, 0.05) is 31.0 Å². The number of amides is 2. The van der Waals surface area contributed by atoms with Crippen molar-refractivity contribution in [1.29, 1.82) is 0 Å². The second kappa shape index (κ2) is 11.8. The van der Waals surface area contributed by atoms with Gasteiger partial charge in [0.1, 0.15) is 0 Å². The van der Waals surface area contributed by atoms with Crippen LogP contribution in [0.3, 0.4) is 0 Å². The fourth-order valence-corrected chi connectivity index (χ4v) is 3.23. The second-order valence-corrected chi connectivity index (χ2v) is 6.93. The molecule has 0 atom stereocenters. The van der Waals surface area contributed by atoms with Crippen molar-refractivity contribution in [2.24, 2.45) is 0 Å². The van der Waals surface area contributed by atoms with Gasteiger partial charge >= 0.3 is 6.03 Å². The Kier molecular flexibility index (Phi) is 9.10. The van der Waals surface area contributed by atoms with Gasteiger partial charge < -0.3 is 24.7 Å². The Labute approximate surface area is 170 Å². The zero-order chi connectivity index (χ0) is 21.1. The van der Waals surface area contributed by atoms with Crippen molar-refractivity contribution in [3.8, 4) is 0 Å². The molecule has 0 saturated carbocycles. The molecule has 3 heterocycles.